The van der Waals surface area contributed by atoms with Gasteiger partial charge in [0.25, 0.3) is 0 Å². The molecule has 1 amide bonds. The van der Waals surface area contributed by atoms with Gasteiger partial charge in [-0.3, -0.25) is 14.5 Å². The van der Waals surface area contributed by atoms with Crippen molar-refractivity contribution < 1.29 is 22.4 Å². The highest BCUT2D eigenvalue weighted by Crippen LogP contribution is 2.36. The van der Waals surface area contributed by atoms with E-state index in [9.17, 15) is 22.4 Å². The Balaban J connectivity index is 1.75. The highest BCUT2D eigenvalue weighted by atomic mass is 19.4. The number of rotatable bonds is 3. The van der Waals surface area contributed by atoms with Crippen LogP contribution < -0.4 is 0 Å². The Morgan fingerprint density at radius 1 is 1.00 bits per heavy atom. The maximum atomic E-state index is 13.4. The molecule has 5 nitrogen and oxygen atoms in total. The Hall–Kier alpha value is -3.49. The fourth-order valence-electron chi connectivity index (χ4n) is 3.41. The second-order valence-corrected chi connectivity index (χ2v) is 6.77. The highest BCUT2D eigenvalue weighted by Gasteiger charge is 2.28. The first kappa shape index (κ1) is 19.8. The van der Waals surface area contributed by atoms with Gasteiger partial charge in [0, 0.05) is 42.2 Å². The third-order valence-electron chi connectivity index (χ3n) is 4.79. The van der Waals surface area contributed by atoms with Crippen LogP contribution in [-0.2, 0) is 17.9 Å². The molecule has 0 saturated carbocycles. The van der Waals surface area contributed by atoms with Gasteiger partial charge in [-0.1, -0.05) is 0 Å². The van der Waals surface area contributed by atoms with Crippen LogP contribution in [0.3, 0.4) is 0 Å². The number of carbonyl (C=O) groups excluding carboxylic acids is 1. The molecule has 1 aliphatic heterocycles. The van der Waals surface area contributed by atoms with E-state index in [1.54, 1.807) is 41.3 Å². The lowest BCUT2D eigenvalue weighted by molar-refractivity contribution is -0.128. The summed E-state index contributed by atoms with van der Waals surface area (Å²) in [6.07, 6.45) is -0.837. The topological polar surface area (TPSA) is 51.0 Å². The summed E-state index contributed by atoms with van der Waals surface area (Å²) >= 11 is 0. The summed E-state index contributed by atoms with van der Waals surface area (Å²) in [5, 5.41) is 4.64. The Labute approximate surface area is 169 Å². The minimum atomic E-state index is -4.55. The van der Waals surface area contributed by atoms with Gasteiger partial charge in [0.1, 0.15) is 11.5 Å². The first-order valence-corrected chi connectivity index (χ1v) is 9.13. The lowest BCUT2D eigenvalue weighted by Gasteiger charge is -2.27. The van der Waals surface area contributed by atoms with Crippen LogP contribution in [-0.4, -0.2) is 38.3 Å². The maximum absolute atomic E-state index is 13.4. The largest absolute Gasteiger partial charge is 0.409 e. The first-order valence-electron chi connectivity index (χ1n) is 9.13. The summed E-state index contributed by atoms with van der Waals surface area (Å²) in [6.45, 7) is 0.668. The van der Waals surface area contributed by atoms with E-state index in [1.807, 2.05) is 0 Å². The van der Waals surface area contributed by atoms with Crippen molar-refractivity contribution in [1.29, 1.82) is 0 Å². The molecule has 4 rings (SSSR count). The molecule has 0 saturated heterocycles. The molecular formula is C21H16F4N4O. The predicted molar refractivity (Wildman–Crippen MR) is 101 cm³/mol. The summed E-state index contributed by atoms with van der Waals surface area (Å²) < 4.78 is 52.4. The van der Waals surface area contributed by atoms with Gasteiger partial charge in [-0.2, -0.15) is 18.3 Å². The number of nitrogens with zero attached hydrogens (tertiary/aromatic N) is 4. The van der Waals surface area contributed by atoms with Crippen molar-refractivity contribution >= 4 is 5.91 Å². The van der Waals surface area contributed by atoms with Gasteiger partial charge in [0.05, 0.1) is 18.8 Å². The number of benzene rings is 1. The summed E-state index contributed by atoms with van der Waals surface area (Å²) in [4.78, 5) is 17.6. The van der Waals surface area contributed by atoms with Crippen LogP contribution in [0.5, 0.6) is 0 Å². The standard InChI is InChI=1S/C21H16F4N4O/c22-16-3-1-15(2-4-16)20-19(14-6-9-26-10-7-14)17-13-28(11-12-29(17)27-20)18(30)5-8-21(23,24)25/h1-10H,11-13H2/b8-5+. The van der Waals surface area contributed by atoms with Gasteiger partial charge < -0.3 is 4.90 Å². The van der Waals surface area contributed by atoms with E-state index in [1.165, 1.54) is 17.0 Å². The molecule has 1 aliphatic rings. The number of hydrogen-bond acceptors (Lipinski definition) is 3. The van der Waals surface area contributed by atoms with Crippen LogP contribution in [0.4, 0.5) is 17.6 Å². The molecule has 2 aromatic heterocycles. The smallest absolute Gasteiger partial charge is 0.331 e. The van der Waals surface area contributed by atoms with E-state index >= 15 is 0 Å². The molecular weight excluding hydrogens is 400 g/mol. The fraction of sp³-hybridized carbons (Fsp3) is 0.190. The first-order chi connectivity index (χ1) is 14.3. The lowest BCUT2D eigenvalue weighted by Crippen LogP contribution is -2.37. The number of fused-ring (bicyclic) bond motifs is 1. The van der Waals surface area contributed by atoms with E-state index in [0.717, 1.165) is 11.1 Å². The van der Waals surface area contributed by atoms with Crippen LogP contribution in [0, 0.1) is 5.82 Å². The van der Waals surface area contributed by atoms with Crippen LogP contribution in [0.1, 0.15) is 5.69 Å². The Morgan fingerprint density at radius 3 is 2.37 bits per heavy atom. The van der Waals surface area contributed by atoms with Crippen LogP contribution >= 0.6 is 0 Å². The average molecular weight is 416 g/mol. The van der Waals surface area contributed by atoms with Crippen LogP contribution in [0.15, 0.2) is 60.9 Å². The second kappa shape index (κ2) is 7.74. The van der Waals surface area contributed by atoms with Gasteiger partial charge in [-0.15, -0.1) is 0 Å². The van der Waals surface area contributed by atoms with Crippen molar-refractivity contribution in [2.24, 2.45) is 0 Å². The van der Waals surface area contributed by atoms with Gasteiger partial charge in [0.15, 0.2) is 0 Å². The number of aromatic nitrogens is 3. The molecule has 0 N–H and O–H groups in total. The zero-order valence-electron chi connectivity index (χ0n) is 15.6. The van der Waals surface area contributed by atoms with E-state index < -0.39 is 12.1 Å². The number of amides is 1. The minimum absolute atomic E-state index is 0.0606. The summed E-state index contributed by atoms with van der Waals surface area (Å²) in [6, 6.07) is 9.47. The fourth-order valence-corrected chi connectivity index (χ4v) is 3.41. The number of allylic oxidation sites excluding steroid dienone is 1. The quantitative estimate of drug-likeness (QED) is 0.475. The lowest BCUT2D eigenvalue weighted by atomic mass is 9.99. The van der Waals surface area contributed by atoms with Gasteiger partial charge in [0.2, 0.25) is 5.91 Å². The molecule has 0 radical (unpaired) electrons. The van der Waals surface area contributed by atoms with E-state index in [4.69, 9.17) is 0 Å². The average Bonchev–Trinajstić information content (AvgIpc) is 3.11. The van der Waals surface area contributed by atoms with Gasteiger partial charge >= 0.3 is 6.18 Å². The zero-order valence-corrected chi connectivity index (χ0v) is 15.6. The van der Waals surface area contributed by atoms with E-state index in [-0.39, 0.29) is 25.0 Å². The molecule has 154 valence electrons. The Kier molecular flexibility index (Phi) is 5.11. The maximum Gasteiger partial charge on any atom is 0.409 e. The second-order valence-electron chi connectivity index (χ2n) is 6.77. The third-order valence-corrected chi connectivity index (χ3v) is 4.79. The van der Waals surface area contributed by atoms with Crippen molar-refractivity contribution in [1.82, 2.24) is 19.7 Å². The summed E-state index contributed by atoms with van der Waals surface area (Å²) in [5.74, 6) is -1.09. The molecule has 1 aromatic carbocycles. The number of alkyl halides is 3. The van der Waals surface area contributed by atoms with Gasteiger partial charge in [-0.25, -0.2) is 4.39 Å². The normalized spacial score (nSPS) is 14.2. The molecule has 0 unspecified atom stereocenters. The van der Waals surface area contributed by atoms with Gasteiger partial charge in [-0.05, 0) is 42.0 Å². The molecule has 3 aromatic rings. The van der Waals surface area contributed by atoms with Crippen molar-refractivity contribution in [2.75, 3.05) is 6.54 Å². The van der Waals surface area contributed by atoms with Crippen LogP contribution in [0.25, 0.3) is 22.4 Å². The number of carbonyl (C=O) groups is 1. The van der Waals surface area contributed by atoms with E-state index in [0.29, 0.717) is 29.6 Å². The number of hydrogen-bond donors (Lipinski definition) is 0. The highest BCUT2D eigenvalue weighted by molar-refractivity contribution is 5.88. The molecule has 9 heteroatoms. The third kappa shape index (κ3) is 4.10. The van der Waals surface area contributed by atoms with E-state index in [2.05, 4.69) is 10.1 Å². The van der Waals surface area contributed by atoms with Crippen molar-refractivity contribution in [2.45, 2.75) is 19.3 Å². The molecule has 0 spiro atoms. The molecule has 0 aliphatic carbocycles. The molecule has 3 heterocycles. The molecule has 0 atom stereocenters. The Bertz CT molecular complexity index is 1090. The molecule has 30 heavy (non-hydrogen) atoms. The molecule has 0 bridgehead atoms. The summed E-state index contributed by atoms with van der Waals surface area (Å²) in [5.41, 5.74) is 3.53. The van der Waals surface area contributed by atoms with Crippen molar-refractivity contribution in [3.05, 3.63) is 72.5 Å². The Morgan fingerprint density at radius 2 is 1.70 bits per heavy atom. The predicted octanol–water partition coefficient (Wildman–Crippen LogP) is 4.21. The van der Waals surface area contributed by atoms with Crippen LogP contribution in [0.2, 0.25) is 0 Å². The molecule has 0 fully saturated rings. The number of pyridine rings is 1. The summed E-state index contributed by atoms with van der Waals surface area (Å²) in [7, 11) is 0. The zero-order chi connectivity index (χ0) is 21.3. The minimum Gasteiger partial charge on any atom is -0.331 e. The van der Waals surface area contributed by atoms with Crippen molar-refractivity contribution in [3.63, 3.8) is 0 Å². The SMILES string of the molecule is O=C(/C=C/C(F)(F)F)N1CCn2nc(-c3ccc(F)cc3)c(-c3ccncc3)c2C1. The van der Waals surface area contributed by atoms with Crippen molar-refractivity contribution in [3.8, 4) is 22.4 Å². The number of halogens is 4. The monoisotopic (exact) mass is 416 g/mol.